The summed E-state index contributed by atoms with van der Waals surface area (Å²) in [7, 11) is 0. The molecule has 23 heavy (non-hydrogen) atoms. The number of hydrogen-bond donors (Lipinski definition) is 1. The molecule has 2 heterocycles. The molecule has 1 aromatic heterocycles. The summed E-state index contributed by atoms with van der Waals surface area (Å²) in [6, 6.07) is 0. The van der Waals surface area contributed by atoms with Crippen molar-refractivity contribution in [1.82, 2.24) is 9.88 Å². The lowest BCUT2D eigenvalue weighted by atomic mass is 10.0. The minimum Gasteiger partial charge on any atom is -0.378 e. The maximum atomic E-state index is 6.15. The Morgan fingerprint density at radius 3 is 2.70 bits per heavy atom. The number of guanidine groups is 1. The fourth-order valence-corrected chi connectivity index (χ4v) is 3.43. The summed E-state index contributed by atoms with van der Waals surface area (Å²) in [4.78, 5) is 13.4. The van der Waals surface area contributed by atoms with Gasteiger partial charge in [0, 0.05) is 50.9 Å². The van der Waals surface area contributed by atoms with E-state index in [1.165, 1.54) is 0 Å². The van der Waals surface area contributed by atoms with Crippen LogP contribution in [0.4, 0.5) is 5.13 Å². The maximum Gasteiger partial charge on any atom is 0.191 e. The molecule has 2 N–H and O–H groups in total. The summed E-state index contributed by atoms with van der Waals surface area (Å²) in [5, 5.41) is 3.11. The molecule has 1 aliphatic rings. The molecule has 0 radical (unpaired) electrons. The molecule has 1 atom stereocenters. The van der Waals surface area contributed by atoms with E-state index < -0.39 is 0 Å². The first-order valence-corrected chi connectivity index (χ1v) is 9.30. The average Bonchev–Trinajstić information content (AvgIpc) is 3.08. The first kappa shape index (κ1) is 18.0. The van der Waals surface area contributed by atoms with E-state index in [0.29, 0.717) is 11.9 Å². The second-order valence-electron chi connectivity index (χ2n) is 6.06. The van der Waals surface area contributed by atoms with Crippen LogP contribution in [0.15, 0.2) is 16.6 Å². The van der Waals surface area contributed by atoms with Crippen molar-refractivity contribution in [3.05, 3.63) is 11.6 Å². The smallest absolute Gasteiger partial charge is 0.191 e. The molecule has 0 aromatic carbocycles. The zero-order chi connectivity index (χ0) is 16.7. The van der Waals surface area contributed by atoms with Gasteiger partial charge >= 0.3 is 0 Å². The largest absolute Gasteiger partial charge is 0.378 e. The fourth-order valence-electron chi connectivity index (χ4n) is 2.73. The van der Waals surface area contributed by atoms with E-state index in [-0.39, 0.29) is 6.10 Å². The number of nitrogens with two attached hydrogens (primary N) is 1. The van der Waals surface area contributed by atoms with Crippen molar-refractivity contribution in [1.29, 1.82) is 0 Å². The number of nitrogens with zero attached hydrogens (tertiary/aromatic N) is 4. The van der Waals surface area contributed by atoms with Gasteiger partial charge in [0.25, 0.3) is 0 Å². The Hall–Kier alpha value is -1.34. The van der Waals surface area contributed by atoms with Gasteiger partial charge in [0.2, 0.25) is 0 Å². The molecular weight excluding hydrogens is 310 g/mol. The van der Waals surface area contributed by atoms with Crippen LogP contribution in [0.2, 0.25) is 0 Å². The van der Waals surface area contributed by atoms with Crippen LogP contribution in [0.5, 0.6) is 0 Å². The van der Waals surface area contributed by atoms with Crippen LogP contribution in [0, 0.1) is 5.92 Å². The number of piperazine rings is 1. The van der Waals surface area contributed by atoms with Crippen LogP contribution in [0.25, 0.3) is 0 Å². The predicted molar refractivity (Wildman–Crippen MR) is 97.3 cm³/mol. The third kappa shape index (κ3) is 5.35. The van der Waals surface area contributed by atoms with Crippen LogP contribution in [0.1, 0.15) is 27.2 Å². The van der Waals surface area contributed by atoms with Gasteiger partial charge in [-0.2, -0.15) is 0 Å². The molecule has 1 saturated heterocycles. The molecule has 6 nitrogen and oxygen atoms in total. The van der Waals surface area contributed by atoms with Crippen LogP contribution in [-0.4, -0.2) is 61.3 Å². The summed E-state index contributed by atoms with van der Waals surface area (Å²) in [6.45, 7) is 11.6. The quantitative estimate of drug-likeness (QED) is 0.608. The lowest BCUT2D eigenvalue weighted by Crippen LogP contribution is -2.51. The molecule has 130 valence electrons. The van der Waals surface area contributed by atoms with Gasteiger partial charge in [-0.3, -0.25) is 4.99 Å². The molecule has 1 aliphatic heterocycles. The third-order valence-electron chi connectivity index (χ3n) is 4.11. The molecule has 7 heteroatoms. The van der Waals surface area contributed by atoms with E-state index in [2.05, 4.69) is 33.6 Å². The van der Waals surface area contributed by atoms with Crippen LogP contribution in [-0.2, 0) is 4.74 Å². The van der Waals surface area contributed by atoms with Crippen molar-refractivity contribution in [2.45, 2.75) is 33.3 Å². The van der Waals surface area contributed by atoms with E-state index in [1.54, 1.807) is 11.3 Å². The minimum absolute atomic E-state index is 0.262. The highest BCUT2D eigenvalue weighted by atomic mass is 32.1. The van der Waals surface area contributed by atoms with Crippen molar-refractivity contribution in [2.75, 3.05) is 44.2 Å². The van der Waals surface area contributed by atoms with Gasteiger partial charge in [0.15, 0.2) is 11.1 Å². The molecule has 0 amide bonds. The zero-order valence-corrected chi connectivity index (χ0v) is 15.3. The number of aromatic nitrogens is 1. The Labute approximate surface area is 143 Å². The number of rotatable bonds is 7. The Kier molecular flexibility index (Phi) is 7.11. The van der Waals surface area contributed by atoms with Crippen molar-refractivity contribution < 1.29 is 4.74 Å². The first-order valence-electron chi connectivity index (χ1n) is 8.42. The highest BCUT2D eigenvalue weighted by Crippen LogP contribution is 2.18. The average molecular weight is 340 g/mol. The number of ether oxygens (including phenoxy) is 1. The second-order valence-corrected chi connectivity index (χ2v) is 6.93. The Balaban J connectivity index is 1.76. The van der Waals surface area contributed by atoms with Gasteiger partial charge in [-0.1, -0.05) is 13.8 Å². The van der Waals surface area contributed by atoms with E-state index >= 15 is 0 Å². The van der Waals surface area contributed by atoms with E-state index in [0.717, 1.165) is 50.9 Å². The summed E-state index contributed by atoms with van der Waals surface area (Å²) in [5.74, 6) is 1.16. The highest BCUT2D eigenvalue weighted by molar-refractivity contribution is 7.13. The van der Waals surface area contributed by atoms with Crippen molar-refractivity contribution in [3.63, 3.8) is 0 Å². The van der Waals surface area contributed by atoms with Gasteiger partial charge in [-0.15, -0.1) is 11.3 Å². The topological polar surface area (TPSA) is 67.0 Å². The maximum absolute atomic E-state index is 6.15. The van der Waals surface area contributed by atoms with Crippen LogP contribution >= 0.6 is 11.3 Å². The fraction of sp³-hybridized carbons (Fsp3) is 0.750. The van der Waals surface area contributed by atoms with Crippen molar-refractivity contribution in [2.24, 2.45) is 16.6 Å². The van der Waals surface area contributed by atoms with Gasteiger partial charge in [-0.25, -0.2) is 4.98 Å². The zero-order valence-electron chi connectivity index (χ0n) is 14.4. The summed E-state index contributed by atoms with van der Waals surface area (Å²) >= 11 is 1.68. The summed E-state index contributed by atoms with van der Waals surface area (Å²) < 4.78 is 5.75. The SMILES string of the molecule is CCOC(CCN=C(N)N1CCN(c2nccs2)CC1)C(C)C. The molecule has 0 bridgehead atoms. The van der Waals surface area contributed by atoms with Gasteiger partial charge in [0.1, 0.15) is 0 Å². The number of hydrogen-bond acceptors (Lipinski definition) is 5. The Bertz CT molecular complexity index is 469. The number of aliphatic imine (C=N–C) groups is 1. The Morgan fingerprint density at radius 1 is 1.39 bits per heavy atom. The molecule has 0 spiro atoms. The monoisotopic (exact) mass is 339 g/mol. The second kappa shape index (κ2) is 9.08. The van der Waals surface area contributed by atoms with Crippen LogP contribution in [0.3, 0.4) is 0 Å². The van der Waals surface area contributed by atoms with Gasteiger partial charge in [0.05, 0.1) is 6.10 Å². The summed E-state index contributed by atoms with van der Waals surface area (Å²) in [6.07, 6.45) is 3.04. The number of anilines is 1. The van der Waals surface area contributed by atoms with Crippen molar-refractivity contribution >= 4 is 22.4 Å². The summed E-state index contributed by atoms with van der Waals surface area (Å²) in [5.41, 5.74) is 6.15. The van der Waals surface area contributed by atoms with E-state index in [9.17, 15) is 0 Å². The predicted octanol–water partition coefficient (Wildman–Crippen LogP) is 2.03. The standard InChI is InChI=1S/C16H29N5OS/c1-4-22-14(13(2)3)5-6-18-15(17)20-8-10-21(11-9-20)16-19-7-12-23-16/h7,12-14H,4-6,8-11H2,1-3H3,(H2,17,18). The molecule has 1 aromatic rings. The van der Waals surface area contributed by atoms with Gasteiger partial charge < -0.3 is 20.3 Å². The molecular formula is C16H29N5OS. The highest BCUT2D eigenvalue weighted by Gasteiger charge is 2.20. The lowest BCUT2D eigenvalue weighted by molar-refractivity contribution is 0.0266. The van der Waals surface area contributed by atoms with Gasteiger partial charge in [-0.05, 0) is 19.3 Å². The minimum atomic E-state index is 0.262. The number of thiazole rings is 1. The van der Waals surface area contributed by atoms with E-state index in [1.807, 2.05) is 18.5 Å². The molecule has 1 fully saturated rings. The van der Waals surface area contributed by atoms with Crippen LogP contribution < -0.4 is 10.6 Å². The van der Waals surface area contributed by atoms with Crippen molar-refractivity contribution in [3.8, 4) is 0 Å². The lowest BCUT2D eigenvalue weighted by Gasteiger charge is -2.35. The molecule has 0 aliphatic carbocycles. The normalized spacial score (nSPS) is 17.8. The first-order chi connectivity index (χ1) is 11.1. The van der Waals surface area contributed by atoms with E-state index in [4.69, 9.17) is 10.5 Å². The molecule has 0 saturated carbocycles. The molecule has 2 rings (SSSR count). The Morgan fingerprint density at radius 2 is 2.13 bits per heavy atom. The molecule has 1 unspecified atom stereocenters. The third-order valence-corrected chi connectivity index (χ3v) is 4.94.